The summed E-state index contributed by atoms with van der Waals surface area (Å²) in [4.78, 5) is 12.5. The maximum Gasteiger partial charge on any atom is 0.339 e. The molecule has 0 aliphatic carbocycles. The molecule has 0 spiro atoms. The Labute approximate surface area is 119 Å². The maximum absolute atomic E-state index is 11.5. The van der Waals surface area contributed by atoms with Crippen molar-refractivity contribution in [3.05, 3.63) is 22.2 Å². The molecule has 0 saturated heterocycles. The molecule has 0 heterocycles. The summed E-state index contributed by atoms with van der Waals surface area (Å²) in [5.74, 6) is 0.496. The standard InChI is InChI=1S/C12H16BrNO3S/c1-16-4-3-5-18-11-6-8(12(15)17-2)10(14)7-9(11)13/h6-7H,3-5,14H2,1-2H3. The molecule has 2 N–H and O–H groups in total. The van der Waals surface area contributed by atoms with Crippen molar-refractivity contribution in [3.63, 3.8) is 0 Å². The molecule has 0 amide bonds. The van der Waals surface area contributed by atoms with Gasteiger partial charge >= 0.3 is 5.97 Å². The first-order valence-corrected chi connectivity index (χ1v) is 7.17. The third-order valence-electron chi connectivity index (χ3n) is 2.26. The van der Waals surface area contributed by atoms with Gasteiger partial charge in [-0.15, -0.1) is 11.8 Å². The number of halogens is 1. The van der Waals surface area contributed by atoms with Gasteiger partial charge in [-0.3, -0.25) is 0 Å². The fourth-order valence-corrected chi connectivity index (χ4v) is 2.94. The Balaban J connectivity index is 2.81. The van der Waals surface area contributed by atoms with E-state index in [1.54, 1.807) is 31.0 Å². The number of hydrogen-bond donors (Lipinski definition) is 1. The summed E-state index contributed by atoms with van der Waals surface area (Å²) < 4.78 is 10.6. The van der Waals surface area contributed by atoms with E-state index in [4.69, 9.17) is 15.2 Å². The summed E-state index contributed by atoms with van der Waals surface area (Å²) in [7, 11) is 3.02. The molecule has 4 nitrogen and oxygen atoms in total. The van der Waals surface area contributed by atoms with Crippen molar-refractivity contribution in [1.29, 1.82) is 0 Å². The molecule has 18 heavy (non-hydrogen) atoms. The highest BCUT2D eigenvalue weighted by atomic mass is 79.9. The Kier molecular flexibility index (Phi) is 6.52. The van der Waals surface area contributed by atoms with Gasteiger partial charge < -0.3 is 15.2 Å². The van der Waals surface area contributed by atoms with Gasteiger partial charge in [0.25, 0.3) is 0 Å². The minimum Gasteiger partial charge on any atom is -0.465 e. The van der Waals surface area contributed by atoms with Gasteiger partial charge in [-0.25, -0.2) is 4.79 Å². The first kappa shape index (κ1) is 15.3. The lowest BCUT2D eigenvalue weighted by Crippen LogP contribution is -2.06. The zero-order chi connectivity index (χ0) is 13.5. The molecule has 0 aromatic heterocycles. The third kappa shape index (κ3) is 4.19. The fraction of sp³-hybridized carbons (Fsp3) is 0.417. The highest BCUT2D eigenvalue weighted by Crippen LogP contribution is 2.32. The second-order valence-corrected chi connectivity index (χ2v) is 5.55. The van der Waals surface area contributed by atoms with Crippen molar-refractivity contribution in [2.45, 2.75) is 11.3 Å². The van der Waals surface area contributed by atoms with Gasteiger partial charge in [0.15, 0.2) is 0 Å². The van der Waals surface area contributed by atoms with Crippen LogP contribution in [-0.4, -0.2) is 32.5 Å². The number of methoxy groups -OCH3 is 2. The van der Waals surface area contributed by atoms with Crippen molar-refractivity contribution in [1.82, 2.24) is 0 Å². The molecule has 0 radical (unpaired) electrons. The number of thioether (sulfide) groups is 1. The number of nitrogen functional groups attached to an aromatic ring is 1. The number of ether oxygens (including phenoxy) is 2. The predicted octanol–water partition coefficient (Wildman–Crippen LogP) is 2.95. The Morgan fingerprint density at radius 2 is 2.17 bits per heavy atom. The van der Waals surface area contributed by atoms with Crippen LogP contribution in [0.1, 0.15) is 16.8 Å². The van der Waals surface area contributed by atoms with Crippen molar-refractivity contribution >= 4 is 39.3 Å². The van der Waals surface area contributed by atoms with Gasteiger partial charge in [-0.2, -0.15) is 0 Å². The van der Waals surface area contributed by atoms with Crippen molar-refractivity contribution in [3.8, 4) is 0 Å². The van der Waals surface area contributed by atoms with E-state index in [1.165, 1.54) is 7.11 Å². The highest BCUT2D eigenvalue weighted by molar-refractivity contribution is 9.10. The molecule has 0 unspecified atom stereocenters. The number of hydrogen-bond acceptors (Lipinski definition) is 5. The van der Waals surface area contributed by atoms with Crippen LogP contribution in [0, 0.1) is 0 Å². The van der Waals surface area contributed by atoms with Crippen molar-refractivity contribution < 1.29 is 14.3 Å². The zero-order valence-corrected chi connectivity index (χ0v) is 12.8. The van der Waals surface area contributed by atoms with E-state index in [0.29, 0.717) is 11.3 Å². The number of esters is 1. The summed E-state index contributed by atoms with van der Waals surface area (Å²) in [5, 5.41) is 0. The van der Waals surface area contributed by atoms with Gasteiger partial charge in [-0.05, 0) is 34.5 Å². The first-order chi connectivity index (χ1) is 8.60. The largest absolute Gasteiger partial charge is 0.465 e. The molecule has 100 valence electrons. The van der Waals surface area contributed by atoms with Crippen molar-refractivity contribution in [2.75, 3.05) is 32.3 Å². The summed E-state index contributed by atoms with van der Waals surface area (Å²) in [6.07, 6.45) is 0.950. The lowest BCUT2D eigenvalue weighted by Gasteiger charge is -2.09. The van der Waals surface area contributed by atoms with Crippen molar-refractivity contribution in [2.24, 2.45) is 0 Å². The monoisotopic (exact) mass is 333 g/mol. The number of benzene rings is 1. The summed E-state index contributed by atoms with van der Waals surface area (Å²) in [5.41, 5.74) is 6.59. The first-order valence-electron chi connectivity index (χ1n) is 5.39. The van der Waals surface area contributed by atoms with E-state index in [0.717, 1.165) is 28.1 Å². The summed E-state index contributed by atoms with van der Waals surface area (Å²) >= 11 is 5.08. The lowest BCUT2D eigenvalue weighted by atomic mass is 10.2. The van der Waals surface area contributed by atoms with Gasteiger partial charge in [-0.1, -0.05) is 0 Å². The Morgan fingerprint density at radius 1 is 1.44 bits per heavy atom. The van der Waals surface area contributed by atoms with Gasteiger partial charge in [0.05, 0.1) is 12.7 Å². The van der Waals surface area contributed by atoms with Crippen LogP contribution in [0.15, 0.2) is 21.5 Å². The third-order valence-corrected chi connectivity index (χ3v) is 4.32. The quantitative estimate of drug-likeness (QED) is 0.375. The van der Waals surface area contributed by atoms with Crippen LogP contribution in [-0.2, 0) is 9.47 Å². The molecule has 1 aromatic carbocycles. The topological polar surface area (TPSA) is 61.5 Å². The number of carbonyl (C=O) groups is 1. The zero-order valence-electron chi connectivity index (χ0n) is 10.4. The molecule has 1 rings (SSSR count). The summed E-state index contributed by atoms with van der Waals surface area (Å²) in [6, 6.07) is 3.48. The maximum atomic E-state index is 11.5. The molecule has 0 atom stereocenters. The fourth-order valence-electron chi connectivity index (χ4n) is 1.35. The number of anilines is 1. The molecule has 0 fully saturated rings. The lowest BCUT2D eigenvalue weighted by molar-refractivity contribution is 0.0601. The van der Waals surface area contributed by atoms with Crippen LogP contribution in [0.25, 0.3) is 0 Å². The van der Waals surface area contributed by atoms with E-state index >= 15 is 0 Å². The second kappa shape index (κ2) is 7.66. The second-order valence-electron chi connectivity index (χ2n) is 3.56. The van der Waals surface area contributed by atoms with Gasteiger partial charge in [0.2, 0.25) is 0 Å². The average molecular weight is 334 g/mol. The molecule has 0 aliphatic heterocycles. The number of rotatable bonds is 6. The van der Waals surface area contributed by atoms with Crippen LogP contribution in [0.2, 0.25) is 0 Å². The van der Waals surface area contributed by atoms with E-state index in [1.807, 2.05) is 0 Å². The van der Waals surface area contributed by atoms with Crippen LogP contribution in [0.5, 0.6) is 0 Å². The van der Waals surface area contributed by atoms with Crippen LogP contribution < -0.4 is 5.73 Å². The molecular formula is C12H16BrNO3S. The van der Waals surface area contributed by atoms with Crippen LogP contribution in [0.4, 0.5) is 5.69 Å². The van der Waals surface area contributed by atoms with Crippen LogP contribution >= 0.6 is 27.7 Å². The molecule has 6 heteroatoms. The van der Waals surface area contributed by atoms with Gasteiger partial charge in [0, 0.05) is 34.5 Å². The SMILES string of the molecule is COCCCSc1cc(C(=O)OC)c(N)cc1Br. The van der Waals surface area contributed by atoms with E-state index in [2.05, 4.69) is 15.9 Å². The number of carbonyl (C=O) groups excluding carboxylic acids is 1. The Morgan fingerprint density at radius 3 is 2.78 bits per heavy atom. The van der Waals surface area contributed by atoms with Gasteiger partial charge in [0.1, 0.15) is 0 Å². The smallest absolute Gasteiger partial charge is 0.339 e. The molecule has 0 aliphatic rings. The molecule has 1 aromatic rings. The minimum absolute atomic E-state index is 0.398. The minimum atomic E-state index is -0.418. The summed E-state index contributed by atoms with van der Waals surface area (Å²) in [6.45, 7) is 0.726. The Hall–Kier alpha value is -0.720. The number of nitrogens with two attached hydrogens (primary N) is 1. The van der Waals surface area contributed by atoms with Crippen LogP contribution in [0.3, 0.4) is 0 Å². The molecular weight excluding hydrogens is 318 g/mol. The normalized spacial score (nSPS) is 10.4. The predicted molar refractivity (Wildman–Crippen MR) is 77.1 cm³/mol. The average Bonchev–Trinajstić information content (AvgIpc) is 2.36. The molecule has 0 bridgehead atoms. The van der Waals surface area contributed by atoms with E-state index in [-0.39, 0.29) is 0 Å². The highest BCUT2D eigenvalue weighted by Gasteiger charge is 2.13. The Bertz CT molecular complexity index is 426. The van der Waals surface area contributed by atoms with E-state index < -0.39 is 5.97 Å². The van der Waals surface area contributed by atoms with E-state index in [9.17, 15) is 4.79 Å². The molecule has 0 saturated carbocycles.